The third-order valence-electron chi connectivity index (χ3n) is 3.97. The van der Waals surface area contributed by atoms with Crippen molar-refractivity contribution >= 4 is 23.5 Å². The number of carbonyl (C=O) groups is 3. The minimum absolute atomic E-state index is 0.0558. The smallest absolute Gasteiger partial charge is 0.387 e. The molecule has 0 atom stereocenters. The van der Waals surface area contributed by atoms with E-state index in [1.807, 2.05) is 0 Å². The summed E-state index contributed by atoms with van der Waals surface area (Å²) >= 11 is 0. The third kappa shape index (κ3) is 5.53. The first-order chi connectivity index (χ1) is 13.8. The number of hydrogen-bond donors (Lipinski definition) is 2. The SMILES string of the molecule is CCc1[nH]c(C(=O)OCC(=O)Nc2ccc(OC(F)F)cc2)c(C)c1C(=O)OC. The fourth-order valence-corrected chi connectivity index (χ4v) is 2.63. The molecule has 0 aliphatic rings. The maximum absolute atomic E-state index is 12.3. The molecule has 29 heavy (non-hydrogen) atoms. The van der Waals surface area contributed by atoms with Gasteiger partial charge in [-0.3, -0.25) is 4.79 Å². The Hall–Kier alpha value is -3.43. The molecule has 0 fully saturated rings. The average molecular weight is 410 g/mol. The van der Waals surface area contributed by atoms with Gasteiger partial charge in [-0.15, -0.1) is 0 Å². The first-order valence-electron chi connectivity index (χ1n) is 8.58. The molecule has 0 aliphatic heterocycles. The summed E-state index contributed by atoms with van der Waals surface area (Å²) in [5.74, 6) is -2.07. The highest BCUT2D eigenvalue weighted by Crippen LogP contribution is 2.21. The summed E-state index contributed by atoms with van der Waals surface area (Å²) in [5.41, 5.74) is 1.52. The Kier molecular flexibility index (Phi) is 7.29. The van der Waals surface area contributed by atoms with Gasteiger partial charge in [0, 0.05) is 11.4 Å². The zero-order valence-electron chi connectivity index (χ0n) is 16.0. The molecule has 0 saturated heterocycles. The van der Waals surface area contributed by atoms with Crippen LogP contribution in [0.15, 0.2) is 24.3 Å². The largest absolute Gasteiger partial charge is 0.465 e. The van der Waals surface area contributed by atoms with Crippen LogP contribution in [0.2, 0.25) is 0 Å². The zero-order chi connectivity index (χ0) is 21.6. The van der Waals surface area contributed by atoms with Crippen molar-refractivity contribution in [3.05, 3.63) is 46.8 Å². The predicted octanol–water partition coefficient (Wildman–Crippen LogP) is 3.07. The Bertz CT molecular complexity index is 893. The van der Waals surface area contributed by atoms with Crippen molar-refractivity contribution in [2.75, 3.05) is 19.0 Å². The number of methoxy groups -OCH3 is 1. The lowest BCUT2D eigenvalue weighted by Gasteiger charge is -2.08. The molecule has 2 N–H and O–H groups in total. The van der Waals surface area contributed by atoms with Gasteiger partial charge in [0.2, 0.25) is 0 Å². The molecule has 1 aromatic heterocycles. The van der Waals surface area contributed by atoms with Crippen LogP contribution < -0.4 is 10.1 Å². The number of H-pyrrole nitrogens is 1. The molecular formula is C19H20F2N2O6. The summed E-state index contributed by atoms with van der Waals surface area (Å²) < 4.78 is 38.2. The second kappa shape index (κ2) is 9.67. The number of aromatic nitrogens is 1. The van der Waals surface area contributed by atoms with Crippen LogP contribution >= 0.6 is 0 Å². The molecule has 10 heteroatoms. The van der Waals surface area contributed by atoms with Crippen LogP contribution in [0.3, 0.4) is 0 Å². The van der Waals surface area contributed by atoms with Crippen LogP contribution in [0.4, 0.5) is 14.5 Å². The van der Waals surface area contributed by atoms with E-state index in [1.165, 1.54) is 31.4 Å². The van der Waals surface area contributed by atoms with E-state index in [1.54, 1.807) is 13.8 Å². The monoisotopic (exact) mass is 410 g/mol. The molecule has 1 heterocycles. The molecule has 0 radical (unpaired) electrons. The zero-order valence-corrected chi connectivity index (χ0v) is 16.0. The van der Waals surface area contributed by atoms with Crippen molar-refractivity contribution in [1.29, 1.82) is 0 Å². The van der Waals surface area contributed by atoms with Crippen LogP contribution in [0.1, 0.15) is 39.0 Å². The van der Waals surface area contributed by atoms with Gasteiger partial charge in [0.15, 0.2) is 6.61 Å². The van der Waals surface area contributed by atoms with Gasteiger partial charge in [-0.1, -0.05) is 6.92 Å². The van der Waals surface area contributed by atoms with E-state index in [2.05, 4.69) is 15.0 Å². The number of rotatable bonds is 8. The van der Waals surface area contributed by atoms with Crippen LogP contribution in [-0.2, 0) is 20.7 Å². The number of anilines is 1. The number of ether oxygens (including phenoxy) is 3. The van der Waals surface area contributed by atoms with Crippen molar-refractivity contribution < 1.29 is 37.4 Å². The molecule has 0 spiro atoms. The average Bonchev–Trinajstić information content (AvgIpc) is 3.03. The van der Waals surface area contributed by atoms with Gasteiger partial charge in [-0.05, 0) is 43.2 Å². The van der Waals surface area contributed by atoms with E-state index < -0.39 is 31.1 Å². The number of halogens is 2. The number of alkyl halides is 2. The molecule has 8 nitrogen and oxygen atoms in total. The minimum Gasteiger partial charge on any atom is -0.465 e. The van der Waals surface area contributed by atoms with Crippen molar-refractivity contribution in [3.63, 3.8) is 0 Å². The normalized spacial score (nSPS) is 10.6. The van der Waals surface area contributed by atoms with E-state index >= 15 is 0 Å². The number of carbonyl (C=O) groups excluding carboxylic acids is 3. The highest BCUT2D eigenvalue weighted by atomic mass is 19.3. The van der Waals surface area contributed by atoms with Crippen LogP contribution in [-0.4, -0.2) is 43.2 Å². The summed E-state index contributed by atoms with van der Waals surface area (Å²) in [7, 11) is 1.24. The highest BCUT2D eigenvalue weighted by Gasteiger charge is 2.24. The van der Waals surface area contributed by atoms with Gasteiger partial charge in [0.1, 0.15) is 11.4 Å². The predicted molar refractivity (Wildman–Crippen MR) is 98.2 cm³/mol. The number of benzene rings is 1. The van der Waals surface area contributed by atoms with Crippen molar-refractivity contribution in [1.82, 2.24) is 4.98 Å². The van der Waals surface area contributed by atoms with E-state index in [-0.39, 0.29) is 17.0 Å². The lowest BCUT2D eigenvalue weighted by atomic mass is 10.1. The second-order valence-corrected chi connectivity index (χ2v) is 5.85. The van der Waals surface area contributed by atoms with Gasteiger partial charge in [0.05, 0.1) is 12.7 Å². The molecule has 0 saturated carbocycles. The summed E-state index contributed by atoms with van der Waals surface area (Å²) in [6.07, 6.45) is 0.463. The summed E-state index contributed by atoms with van der Waals surface area (Å²) in [4.78, 5) is 39.0. The van der Waals surface area contributed by atoms with E-state index in [0.717, 1.165) is 0 Å². The van der Waals surface area contributed by atoms with Crippen LogP contribution in [0, 0.1) is 6.92 Å². The number of aryl methyl sites for hydroxylation is 1. The van der Waals surface area contributed by atoms with E-state index in [0.29, 0.717) is 23.4 Å². The van der Waals surface area contributed by atoms with Gasteiger partial charge in [-0.25, -0.2) is 9.59 Å². The molecule has 1 aromatic carbocycles. The first kappa shape index (κ1) is 21.9. The number of nitrogens with one attached hydrogen (secondary N) is 2. The quantitative estimate of drug-likeness (QED) is 0.648. The Labute approximate surface area is 165 Å². The molecular weight excluding hydrogens is 390 g/mol. The van der Waals surface area contributed by atoms with Crippen LogP contribution in [0.5, 0.6) is 5.75 Å². The highest BCUT2D eigenvalue weighted by molar-refractivity contribution is 5.99. The molecule has 1 amide bonds. The molecule has 0 bridgehead atoms. The van der Waals surface area contributed by atoms with E-state index in [9.17, 15) is 23.2 Å². The van der Waals surface area contributed by atoms with Gasteiger partial charge < -0.3 is 24.5 Å². The molecule has 0 unspecified atom stereocenters. The molecule has 2 rings (SSSR count). The lowest BCUT2D eigenvalue weighted by Crippen LogP contribution is -2.21. The maximum atomic E-state index is 12.3. The van der Waals surface area contributed by atoms with Gasteiger partial charge >= 0.3 is 18.6 Å². The number of hydrogen-bond acceptors (Lipinski definition) is 6. The van der Waals surface area contributed by atoms with Crippen molar-refractivity contribution in [2.24, 2.45) is 0 Å². The summed E-state index contributed by atoms with van der Waals surface area (Å²) in [6, 6.07) is 5.25. The number of esters is 2. The maximum Gasteiger partial charge on any atom is 0.387 e. The Balaban J connectivity index is 1.97. The van der Waals surface area contributed by atoms with Gasteiger partial charge in [0.25, 0.3) is 5.91 Å². The van der Waals surface area contributed by atoms with Crippen LogP contribution in [0.25, 0.3) is 0 Å². The van der Waals surface area contributed by atoms with E-state index in [4.69, 9.17) is 9.47 Å². The Morgan fingerprint density at radius 3 is 2.34 bits per heavy atom. The van der Waals surface area contributed by atoms with Crippen molar-refractivity contribution in [2.45, 2.75) is 26.9 Å². The lowest BCUT2D eigenvalue weighted by molar-refractivity contribution is -0.119. The fourth-order valence-electron chi connectivity index (χ4n) is 2.63. The second-order valence-electron chi connectivity index (χ2n) is 5.85. The molecule has 2 aromatic rings. The number of aromatic amines is 1. The minimum atomic E-state index is -2.95. The number of amides is 1. The molecule has 156 valence electrons. The fraction of sp³-hybridized carbons (Fsp3) is 0.316. The molecule has 0 aliphatic carbocycles. The Morgan fingerprint density at radius 2 is 1.79 bits per heavy atom. The standard InChI is InChI=1S/C19H20F2N2O6/c1-4-13-15(17(25)27-3)10(2)16(23-13)18(26)28-9-14(24)22-11-5-7-12(8-6-11)29-19(20)21/h5-8,19,23H,4,9H2,1-3H3,(H,22,24). The topological polar surface area (TPSA) is 107 Å². The third-order valence-corrected chi connectivity index (χ3v) is 3.97. The van der Waals surface area contributed by atoms with Gasteiger partial charge in [-0.2, -0.15) is 8.78 Å². The van der Waals surface area contributed by atoms with Crippen molar-refractivity contribution in [3.8, 4) is 5.75 Å². The Morgan fingerprint density at radius 1 is 1.14 bits per heavy atom. The summed E-state index contributed by atoms with van der Waals surface area (Å²) in [6.45, 7) is -0.152. The first-order valence-corrected chi connectivity index (χ1v) is 8.58. The summed E-state index contributed by atoms with van der Waals surface area (Å²) in [5, 5.41) is 2.46.